The van der Waals surface area contributed by atoms with Crippen LogP contribution < -0.4 is 4.90 Å². The number of rotatable bonds is 5. The van der Waals surface area contributed by atoms with Gasteiger partial charge in [-0.1, -0.05) is 0 Å². The van der Waals surface area contributed by atoms with E-state index < -0.39 is 6.17 Å². The number of alkyl halides is 1. The van der Waals surface area contributed by atoms with Gasteiger partial charge in [-0.05, 0) is 75.9 Å². The molecule has 1 amide bonds. The lowest BCUT2D eigenvalue weighted by Crippen LogP contribution is -2.57. The van der Waals surface area contributed by atoms with Crippen molar-refractivity contribution in [3.05, 3.63) is 36.1 Å². The van der Waals surface area contributed by atoms with Gasteiger partial charge in [0.05, 0.1) is 11.7 Å². The van der Waals surface area contributed by atoms with Crippen LogP contribution in [0.25, 0.3) is 22.2 Å². The van der Waals surface area contributed by atoms with Crippen molar-refractivity contribution >= 4 is 22.7 Å². The zero-order chi connectivity index (χ0) is 24.6. The van der Waals surface area contributed by atoms with Gasteiger partial charge in [-0.3, -0.25) is 9.69 Å². The predicted octanol–water partition coefficient (Wildman–Crippen LogP) is 3.98. The predicted molar refractivity (Wildman–Crippen MR) is 133 cm³/mol. The van der Waals surface area contributed by atoms with Gasteiger partial charge in [-0.2, -0.15) is 0 Å². The molecule has 4 fully saturated rings. The summed E-state index contributed by atoms with van der Waals surface area (Å²) in [5, 5.41) is 20.3. The number of fused-ring (bicyclic) bond motifs is 3. The molecule has 3 aliphatic heterocycles. The molecule has 2 aromatic heterocycles. The first-order valence-corrected chi connectivity index (χ1v) is 13.0. The van der Waals surface area contributed by atoms with Crippen molar-refractivity contribution in [1.82, 2.24) is 20.0 Å². The van der Waals surface area contributed by atoms with Gasteiger partial charge < -0.3 is 19.3 Å². The minimum absolute atomic E-state index is 0.0166. The van der Waals surface area contributed by atoms with Crippen LogP contribution in [0.15, 0.2) is 34.7 Å². The van der Waals surface area contributed by atoms with Crippen molar-refractivity contribution in [2.24, 2.45) is 0 Å². The van der Waals surface area contributed by atoms with Crippen LogP contribution in [0.2, 0.25) is 0 Å². The molecule has 1 N–H and O–H groups in total. The molecule has 9 heteroatoms. The van der Waals surface area contributed by atoms with Crippen LogP contribution in [0.1, 0.15) is 49.1 Å². The zero-order valence-corrected chi connectivity index (χ0v) is 20.3. The third-order valence-corrected chi connectivity index (χ3v) is 8.62. The molecule has 1 aliphatic carbocycles. The van der Waals surface area contributed by atoms with Gasteiger partial charge in [0.1, 0.15) is 17.5 Å². The number of hydrogen-bond acceptors (Lipinski definition) is 7. The van der Waals surface area contributed by atoms with E-state index in [2.05, 4.69) is 20.0 Å². The highest BCUT2D eigenvalue weighted by atomic mass is 19.1. The minimum Gasteiger partial charge on any atom is -0.507 e. The Hall–Kier alpha value is -3.20. The summed E-state index contributed by atoms with van der Waals surface area (Å²) < 4.78 is 21.4. The number of carbonyl (C=O) groups is 1. The fourth-order valence-electron chi connectivity index (χ4n) is 6.29. The Morgan fingerprint density at radius 1 is 1.14 bits per heavy atom. The molecule has 4 aliphatic rings. The highest BCUT2D eigenvalue weighted by Gasteiger charge is 2.50. The molecule has 3 aromatic rings. The van der Waals surface area contributed by atoms with Crippen LogP contribution in [0, 0.1) is 0 Å². The van der Waals surface area contributed by atoms with Gasteiger partial charge in [-0.15, -0.1) is 10.2 Å². The number of amides is 1. The number of phenols is 1. The van der Waals surface area contributed by atoms with E-state index in [1.807, 2.05) is 19.2 Å². The van der Waals surface area contributed by atoms with Gasteiger partial charge in [0.2, 0.25) is 0 Å². The molecule has 2 bridgehead atoms. The molecule has 36 heavy (non-hydrogen) atoms. The zero-order valence-electron chi connectivity index (χ0n) is 20.3. The minimum atomic E-state index is -0.908. The average molecular weight is 492 g/mol. The smallest absolute Gasteiger partial charge is 0.289 e. The lowest BCUT2D eigenvalue weighted by molar-refractivity contribution is 0.0621. The van der Waals surface area contributed by atoms with Gasteiger partial charge >= 0.3 is 0 Å². The molecule has 3 saturated heterocycles. The maximum absolute atomic E-state index is 15.6. The molecular formula is C27H30FN5O3. The lowest BCUT2D eigenvalue weighted by atomic mass is 9.94. The Kier molecular flexibility index (Phi) is 4.99. The van der Waals surface area contributed by atoms with Gasteiger partial charge in [0.15, 0.2) is 11.6 Å². The number of halogens is 1. The highest BCUT2D eigenvalue weighted by Crippen LogP contribution is 2.43. The molecule has 8 nitrogen and oxygen atoms in total. The lowest BCUT2D eigenvalue weighted by Gasteiger charge is -2.44. The summed E-state index contributed by atoms with van der Waals surface area (Å²) in [5.74, 6) is 0.883. The van der Waals surface area contributed by atoms with Crippen LogP contribution >= 0.6 is 0 Å². The summed E-state index contributed by atoms with van der Waals surface area (Å²) in [7, 11) is 2.05. The first kappa shape index (κ1) is 22.0. The van der Waals surface area contributed by atoms with E-state index in [4.69, 9.17) is 4.42 Å². The fourth-order valence-corrected chi connectivity index (χ4v) is 6.29. The number of hydrogen-bond donors (Lipinski definition) is 1. The maximum atomic E-state index is 15.6. The van der Waals surface area contributed by atoms with E-state index in [9.17, 15) is 9.90 Å². The molecule has 0 spiro atoms. The number of nitrogens with zero attached hydrogens (tertiary/aromatic N) is 5. The van der Waals surface area contributed by atoms with Crippen molar-refractivity contribution in [2.75, 3.05) is 25.0 Å². The normalized spacial score (nSPS) is 27.9. The average Bonchev–Trinajstić information content (AvgIpc) is 3.52. The Morgan fingerprint density at radius 3 is 2.67 bits per heavy atom. The molecule has 1 aromatic carbocycles. The number of aromatic hydroxyl groups is 1. The van der Waals surface area contributed by atoms with Crippen molar-refractivity contribution in [3.8, 4) is 17.0 Å². The Balaban J connectivity index is 1.17. The first-order valence-electron chi connectivity index (χ1n) is 13.0. The van der Waals surface area contributed by atoms with Crippen LogP contribution in [-0.2, 0) is 0 Å². The van der Waals surface area contributed by atoms with Crippen molar-refractivity contribution < 1.29 is 18.7 Å². The third-order valence-electron chi connectivity index (χ3n) is 8.62. The van der Waals surface area contributed by atoms with E-state index in [-0.39, 0.29) is 29.5 Å². The molecule has 2 unspecified atom stereocenters. The molecule has 5 heterocycles. The van der Waals surface area contributed by atoms with Crippen LogP contribution in [-0.4, -0.2) is 81.5 Å². The van der Waals surface area contributed by atoms with Crippen LogP contribution in [0.5, 0.6) is 5.75 Å². The molecule has 4 atom stereocenters. The summed E-state index contributed by atoms with van der Waals surface area (Å²) in [6, 6.07) is 9.22. The molecule has 0 radical (unpaired) electrons. The standard InChI is InChI=1S/C27H30FN5O3/c1-31-17-5-7-20(31)26(28)21(13-17)33(16-3-4-16)25-8-6-19(29-30-25)18-14-23-15(11-22(18)34)12-24(36-23)27(35)32-9-2-10-32/h6,8,11-12,14,16-17,20-21,26,34H,2-5,7,9-10,13H2,1H3/t17?,20?,21-,26+/m0/s1. The van der Waals surface area contributed by atoms with Crippen LogP contribution in [0.3, 0.4) is 0 Å². The van der Waals surface area contributed by atoms with Gasteiger partial charge in [0.25, 0.3) is 5.91 Å². The first-order chi connectivity index (χ1) is 17.5. The van der Waals surface area contributed by atoms with Gasteiger partial charge in [0, 0.05) is 42.2 Å². The Morgan fingerprint density at radius 2 is 1.97 bits per heavy atom. The van der Waals surface area contributed by atoms with Crippen molar-refractivity contribution in [1.29, 1.82) is 0 Å². The topological polar surface area (TPSA) is 85.9 Å². The molecule has 7 rings (SSSR count). The third kappa shape index (κ3) is 3.47. The number of phenolic OH excluding ortho intramolecular Hbond substituents is 1. The number of carbonyl (C=O) groups excluding carboxylic acids is 1. The maximum Gasteiger partial charge on any atom is 0.289 e. The van der Waals surface area contributed by atoms with E-state index >= 15 is 4.39 Å². The van der Waals surface area contributed by atoms with Crippen molar-refractivity contribution in [3.63, 3.8) is 0 Å². The number of aromatic nitrogens is 2. The quantitative estimate of drug-likeness (QED) is 0.578. The molecule has 188 valence electrons. The summed E-state index contributed by atoms with van der Waals surface area (Å²) >= 11 is 0. The molecular weight excluding hydrogens is 461 g/mol. The Bertz CT molecular complexity index is 1320. The number of piperidine rings is 1. The summed E-state index contributed by atoms with van der Waals surface area (Å²) in [5.41, 5.74) is 1.50. The second-order valence-electron chi connectivity index (χ2n) is 10.8. The summed E-state index contributed by atoms with van der Waals surface area (Å²) in [6.45, 7) is 1.49. The van der Waals surface area contributed by atoms with Crippen molar-refractivity contribution in [2.45, 2.75) is 68.9 Å². The van der Waals surface area contributed by atoms with E-state index in [0.717, 1.165) is 51.6 Å². The highest BCUT2D eigenvalue weighted by molar-refractivity contribution is 5.97. The van der Waals surface area contributed by atoms with Crippen LogP contribution in [0.4, 0.5) is 10.2 Å². The molecule has 1 saturated carbocycles. The van der Waals surface area contributed by atoms with E-state index in [0.29, 0.717) is 40.1 Å². The van der Waals surface area contributed by atoms with Gasteiger partial charge in [-0.25, -0.2) is 4.39 Å². The number of likely N-dealkylation sites (tertiary alicyclic amines) is 1. The van der Waals surface area contributed by atoms with E-state index in [1.165, 1.54) is 0 Å². The monoisotopic (exact) mass is 491 g/mol. The second kappa shape index (κ2) is 8.16. The fraction of sp³-hybridized carbons (Fsp3) is 0.519. The Labute approximate surface area is 208 Å². The summed E-state index contributed by atoms with van der Waals surface area (Å²) in [6.07, 6.45) is 4.98. The second-order valence-corrected chi connectivity index (χ2v) is 10.8. The summed E-state index contributed by atoms with van der Waals surface area (Å²) in [4.78, 5) is 18.7. The largest absolute Gasteiger partial charge is 0.507 e. The number of benzene rings is 1. The SMILES string of the molecule is CN1C2CCC1[C@@H](F)[C@@H](N(c1ccc(-c3cc4oc(C(=O)N5CCC5)cc4cc3O)nn1)C1CC1)C2. The number of anilines is 1. The van der Waals surface area contributed by atoms with E-state index in [1.54, 1.807) is 23.1 Å². The number of furan rings is 1.